The maximum absolute atomic E-state index is 12.4. The number of halogens is 3. The predicted octanol–water partition coefficient (Wildman–Crippen LogP) is 2.15. The molecule has 0 saturated carbocycles. The van der Waals surface area contributed by atoms with Crippen molar-refractivity contribution in [2.75, 3.05) is 11.9 Å². The molecule has 0 radical (unpaired) electrons. The van der Waals surface area contributed by atoms with E-state index >= 15 is 0 Å². The zero-order valence-corrected chi connectivity index (χ0v) is 11.5. The monoisotopic (exact) mass is 300 g/mol. The second kappa shape index (κ2) is 5.36. The molecule has 21 heavy (non-hydrogen) atoms. The van der Waals surface area contributed by atoms with Crippen molar-refractivity contribution in [3.8, 4) is 0 Å². The van der Waals surface area contributed by atoms with Gasteiger partial charge in [0.25, 0.3) is 0 Å². The lowest BCUT2D eigenvalue weighted by Crippen LogP contribution is -2.30. The van der Waals surface area contributed by atoms with Crippen molar-refractivity contribution in [1.82, 2.24) is 14.8 Å². The molecule has 0 aliphatic carbocycles. The van der Waals surface area contributed by atoms with Crippen LogP contribution in [0.25, 0.3) is 0 Å². The molecule has 0 bridgehead atoms. The van der Waals surface area contributed by atoms with Crippen LogP contribution in [0.15, 0.2) is 30.7 Å². The van der Waals surface area contributed by atoms with Crippen LogP contribution in [0, 0.1) is 0 Å². The van der Waals surface area contributed by atoms with Gasteiger partial charge in [-0.3, -0.25) is 4.68 Å². The van der Waals surface area contributed by atoms with Gasteiger partial charge in [0.1, 0.15) is 11.4 Å². The molecule has 0 aromatic carbocycles. The molecule has 0 fully saturated rings. The highest BCUT2D eigenvalue weighted by Crippen LogP contribution is 2.29. The van der Waals surface area contributed by atoms with Crippen LogP contribution in [0.2, 0.25) is 0 Å². The van der Waals surface area contributed by atoms with Gasteiger partial charge in [-0.15, -0.1) is 0 Å². The number of aromatic nitrogens is 3. The number of rotatable bonds is 4. The number of nitrogens with zero attached hydrogens (tertiary/aromatic N) is 3. The average molecular weight is 300 g/mol. The number of nitrogens with one attached hydrogen (secondary N) is 1. The maximum Gasteiger partial charge on any atom is 0.417 e. The molecule has 0 unspecified atom stereocenters. The first-order valence-electron chi connectivity index (χ1n) is 6.17. The summed E-state index contributed by atoms with van der Waals surface area (Å²) in [5, 5.41) is 17.1. The van der Waals surface area contributed by atoms with Gasteiger partial charge in [0, 0.05) is 31.5 Å². The van der Waals surface area contributed by atoms with Crippen molar-refractivity contribution >= 4 is 5.82 Å². The summed E-state index contributed by atoms with van der Waals surface area (Å²) in [5.41, 5.74) is -1.42. The average Bonchev–Trinajstić information content (AvgIpc) is 2.83. The molecular formula is C13H15F3N4O. The fourth-order valence-electron chi connectivity index (χ4n) is 1.73. The molecule has 2 N–H and O–H groups in total. The minimum Gasteiger partial charge on any atom is -0.383 e. The Bertz CT molecular complexity index is 605. The summed E-state index contributed by atoms with van der Waals surface area (Å²) in [7, 11) is 1.73. The van der Waals surface area contributed by atoms with E-state index < -0.39 is 17.3 Å². The summed E-state index contributed by atoms with van der Waals surface area (Å²) in [4.78, 5) is 3.68. The van der Waals surface area contributed by atoms with E-state index in [4.69, 9.17) is 0 Å². The first-order valence-corrected chi connectivity index (χ1v) is 6.17. The van der Waals surface area contributed by atoms with Crippen LogP contribution in [0.3, 0.4) is 0 Å². The second-order valence-corrected chi connectivity index (χ2v) is 4.96. The van der Waals surface area contributed by atoms with Crippen LogP contribution in [0.1, 0.15) is 18.1 Å². The predicted molar refractivity (Wildman–Crippen MR) is 70.5 cm³/mol. The minimum absolute atomic E-state index is 0.0943. The summed E-state index contributed by atoms with van der Waals surface area (Å²) in [6, 6.07) is 2.16. The highest BCUT2D eigenvalue weighted by molar-refractivity contribution is 5.37. The molecule has 2 heterocycles. The molecule has 0 amide bonds. The fraction of sp³-hybridized carbons (Fsp3) is 0.385. The Labute approximate surface area is 119 Å². The van der Waals surface area contributed by atoms with Crippen molar-refractivity contribution < 1.29 is 18.3 Å². The van der Waals surface area contributed by atoms with E-state index in [-0.39, 0.29) is 12.4 Å². The van der Waals surface area contributed by atoms with Crippen LogP contribution in [0.5, 0.6) is 0 Å². The summed E-state index contributed by atoms with van der Waals surface area (Å²) >= 11 is 0. The van der Waals surface area contributed by atoms with E-state index in [0.717, 1.165) is 12.3 Å². The molecule has 2 aromatic heterocycles. The van der Waals surface area contributed by atoms with Crippen molar-refractivity contribution in [3.63, 3.8) is 0 Å². The summed E-state index contributed by atoms with van der Waals surface area (Å²) < 4.78 is 38.8. The van der Waals surface area contributed by atoms with Gasteiger partial charge in [-0.2, -0.15) is 18.3 Å². The third-order valence-electron chi connectivity index (χ3n) is 3.03. The molecule has 0 saturated heterocycles. The van der Waals surface area contributed by atoms with E-state index in [1.54, 1.807) is 24.9 Å². The number of alkyl halides is 3. The van der Waals surface area contributed by atoms with Crippen molar-refractivity contribution in [1.29, 1.82) is 0 Å². The van der Waals surface area contributed by atoms with E-state index in [1.807, 2.05) is 0 Å². The van der Waals surface area contributed by atoms with E-state index in [9.17, 15) is 18.3 Å². The minimum atomic E-state index is -4.41. The molecule has 114 valence electrons. The van der Waals surface area contributed by atoms with Gasteiger partial charge in [-0.1, -0.05) is 0 Å². The lowest BCUT2D eigenvalue weighted by atomic mass is 10.00. The fourth-order valence-corrected chi connectivity index (χ4v) is 1.73. The summed E-state index contributed by atoms with van der Waals surface area (Å²) in [6.07, 6.45) is -0.461. The SMILES string of the molecule is Cn1cc([C@@](C)(O)CNc2ccc(C(F)(F)F)cn2)cn1. The normalized spacial score (nSPS) is 14.8. The Balaban J connectivity index is 2.02. The third-order valence-corrected chi connectivity index (χ3v) is 3.03. The third kappa shape index (κ3) is 3.72. The number of aliphatic hydroxyl groups is 1. The lowest BCUT2D eigenvalue weighted by Gasteiger charge is -2.22. The Kier molecular flexibility index (Phi) is 3.91. The van der Waals surface area contributed by atoms with Crippen molar-refractivity contribution in [3.05, 3.63) is 41.9 Å². The summed E-state index contributed by atoms with van der Waals surface area (Å²) in [5.74, 6) is 0.257. The van der Waals surface area contributed by atoms with Crippen LogP contribution >= 0.6 is 0 Å². The highest BCUT2D eigenvalue weighted by Gasteiger charge is 2.31. The number of pyridine rings is 1. The topological polar surface area (TPSA) is 63.0 Å². The zero-order valence-electron chi connectivity index (χ0n) is 11.5. The Morgan fingerprint density at radius 1 is 1.24 bits per heavy atom. The molecule has 1 atom stereocenters. The lowest BCUT2D eigenvalue weighted by molar-refractivity contribution is -0.137. The van der Waals surface area contributed by atoms with Crippen molar-refractivity contribution in [2.45, 2.75) is 18.7 Å². The van der Waals surface area contributed by atoms with E-state index in [2.05, 4.69) is 15.4 Å². The standard InChI is InChI=1S/C13H15F3N4O/c1-12(21,10-6-19-20(2)7-10)8-18-11-4-3-9(5-17-11)13(14,15)16/h3-7,21H,8H2,1-2H3,(H,17,18)/t12-/m0/s1. The van der Waals surface area contributed by atoms with Gasteiger partial charge in [0.2, 0.25) is 0 Å². The maximum atomic E-state index is 12.4. The van der Waals surface area contributed by atoms with Crippen molar-refractivity contribution in [2.24, 2.45) is 7.05 Å². The van der Waals surface area contributed by atoms with Gasteiger partial charge in [-0.25, -0.2) is 4.98 Å². The number of hydrogen-bond acceptors (Lipinski definition) is 4. The molecule has 8 heteroatoms. The number of hydrogen-bond donors (Lipinski definition) is 2. The Morgan fingerprint density at radius 3 is 2.43 bits per heavy atom. The first-order chi connectivity index (χ1) is 9.68. The van der Waals surface area contributed by atoms with E-state index in [1.165, 1.54) is 12.3 Å². The molecule has 0 spiro atoms. The molecule has 5 nitrogen and oxygen atoms in total. The largest absolute Gasteiger partial charge is 0.417 e. The first kappa shape index (κ1) is 15.3. The molecule has 2 aromatic rings. The number of anilines is 1. The zero-order chi connectivity index (χ0) is 15.7. The van der Waals surface area contributed by atoms with Crippen LogP contribution in [-0.4, -0.2) is 26.4 Å². The van der Waals surface area contributed by atoms with Gasteiger partial charge in [0.05, 0.1) is 11.8 Å². The van der Waals surface area contributed by atoms with Gasteiger partial charge < -0.3 is 10.4 Å². The molecular weight excluding hydrogens is 285 g/mol. The Morgan fingerprint density at radius 2 is 1.95 bits per heavy atom. The van der Waals surface area contributed by atoms with Gasteiger partial charge >= 0.3 is 6.18 Å². The molecule has 0 aliphatic heterocycles. The van der Waals surface area contributed by atoms with Crippen LogP contribution in [-0.2, 0) is 18.8 Å². The highest BCUT2D eigenvalue weighted by atomic mass is 19.4. The molecule has 0 aliphatic rings. The smallest absolute Gasteiger partial charge is 0.383 e. The van der Waals surface area contributed by atoms with Gasteiger partial charge in [-0.05, 0) is 19.1 Å². The van der Waals surface area contributed by atoms with E-state index in [0.29, 0.717) is 5.56 Å². The van der Waals surface area contributed by atoms with Crippen LogP contribution < -0.4 is 5.32 Å². The Hall–Kier alpha value is -2.09. The molecule has 2 rings (SSSR count). The second-order valence-electron chi connectivity index (χ2n) is 4.96. The number of aryl methyl sites for hydroxylation is 1. The van der Waals surface area contributed by atoms with Gasteiger partial charge in [0.15, 0.2) is 0 Å². The van der Waals surface area contributed by atoms with Crippen LogP contribution in [0.4, 0.5) is 19.0 Å². The summed E-state index contributed by atoms with van der Waals surface area (Å²) in [6.45, 7) is 1.68. The quantitative estimate of drug-likeness (QED) is 0.908.